The molecule has 2 aromatic carbocycles. The summed E-state index contributed by atoms with van der Waals surface area (Å²) in [6, 6.07) is 10.1. The minimum absolute atomic E-state index is 0.0307. The average Bonchev–Trinajstić information content (AvgIpc) is 3.72. The van der Waals surface area contributed by atoms with Crippen molar-refractivity contribution in [2.45, 2.75) is 50.9 Å². The first-order valence-corrected chi connectivity index (χ1v) is 17.6. The Balaban J connectivity index is 0.000000328. The van der Waals surface area contributed by atoms with Crippen LogP contribution in [0.3, 0.4) is 0 Å². The number of piperazine rings is 1. The van der Waals surface area contributed by atoms with E-state index >= 15 is 4.39 Å². The maximum atomic E-state index is 16.1. The number of nitrogens with one attached hydrogen (secondary N) is 1. The van der Waals surface area contributed by atoms with Crippen LogP contribution in [0.4, 0.5) is 23.4 Å². The Morgan fingerprint density at radius 2 is 1.87 bits per heavy atom. The molecule has 8 rings (SSSR count). The van der Waals surface area contributed by atoms with Gasteiger partial charge in [-0.05, 0) is 56.3 Å². The molecule has 0 spiro atoms. The number of anilines is 1. The van der Waals surface area contributed by atoms with Crippen molar-refractivity contribution in [1.82, 2.24) is 30.1 Å². The van der Waals surface area contributed by atoms with Crippen LogP contribution < -0.4 is 15.0 Å². The molecule has 15 heteroatoms. The van der Waals surface area contributed by atoms with Crippen molar-refractivity contribution in [2.75, 3.05) is 57.8 Å². The van der Waals surface area contributed by atoms with E-state index in [0.717, 1.165) is 25.9 Å². The van der Waals surface area contributed by atoms with Gasteiger partial charge in [0.05, 0.1) is 23.6 Å². The molecule has 0 bridgehead atoms. The maximum Gasteiger partial charge on any atom is 0.318 e. The third kappa shape index (κ3) is 7.77. The number of hydrogen-bond donors (Lipinski definition) is 1. The Morgan fingerprint density at radius 3 is 2.54 bits per heavy atom. The summed E-state index contributed by atoms with van der Waals surface area (Å²) >= 11 is 6.28. The molecule has 4 aliphatic heterocycles. The van der Waals surface area contributed by atoms with Gasteiger partial charge >= 0.3 is 6.01 Å². The Labute approximate surface area is 304 Å². The topological polar surface area (TPSA) is 111 Å². The number of nitrogens with zero attached hydrogens (tertiary/aromatic N) is 7. The van der Waals surface area contributed by atoms with Crippen molar-refractivity contribution in [3.05, 3.63) is 65.1 Å². The number of nitriles is 1. The Morgan fingerprint density at radius 1 is 1.12 bits per heavy atom. The fourth-order valence-corrected chi connectivity index (χ4v) is 7.32. The Hall–Kier alpha value is -4.58. The first-order chi connectivity index (χ1) is 25.1. The fraction of sp³-hybridized carbons (Fsp3) is 0.432. The second-order valence-corrected chi connectivity index (χ2v) is 13.4. The molecule has 52 heavy (non-hydrogen) atoms. The van der Waals surface area contributed by atoms with Crippen LogP contribution in [0, 0.1) is 23.0 Å². The molecule has 3 unspecified atom stereocenters. The molecule has 2 aromatic heterocycles. The number of ether oxygens (including phenoxy) is 1. The molecule has 4 saturated heterocycles. The van der Waals surface area contributed by atoms with Crippen LogP contribution in [0.2, 0.25) is 5.02 Å². The van der Waals surface area contributed by atoms with Crippen LogP contribution in [0.25, 0.3) is 32.9 Å². The highest BCUT2D eigenvalue weighted by Crippen LogP contribution is 2.38. The number of hydrogen-bond acceptors (Lipinski definition) is 9. The third-order valence-electron chi connectivity index (χ3n) is 9.76. The smallest absolute Gasteiger partial charge is 0.318 e. The Bertz CT molecular complexity index is 2000. The molecule has 10 nitrogen and oxygen atoms in total. The van der Waals surface area contributed by atoms with Crippen molar-refractivity contribution in [3.63, 3.8) is 0 Å². The lowest BCUT2D eigenvalue weighted by atomic mass is 10.0. The summed E-state index contributed by atoms with van der Waals surface area (Å²) < 4.78 is 62.7. The van der Waals surface area contributed by atoms with Crippen LogP contribution >= 0.6 is 11.6 Å². The van der Waals surface area contributed by atoms with Crippen LogP contribution in [-0.4, -0.2) is 102 Å². The molecule has 274 valence electrons. The van der Waals surface area contributed by atoms with E-state index in [2.05, 4.69) is 25.2 Å². The van der Waals surface area contributed by atoms with Crippen molar-refractivity contribution in [2.24, 2.45) is 0 Å². The van der Waals surface area contributed by atoms with E-state index in [9.17, 15) is 18.0 Å². The van der Waals surface area contributed by atoms with Gasteiger partial charge in [0, 0.05) is 68.9 Å². The summed E-state index contributed by atoms with van der Waals surface area (Å²) in [7, 11) is 1.38. The molecule has 6 heterocycles. The third-order valence-corrected chi connectivity index (χ3v) is 10.1. The van der Waals surface area contributed by atoms with Crippen LogP contribution in [-0.2, 0) is 4.79 Å². The molecule has 3 atom stereocenters. The van der Waals surface area contributed by atoms with Gasteiger partial charge in [-0.15, -0.1) is 0 Å². The maximum absolute atomic E-state index is 16.1. The first-order valence-electron chi connectivity index (χ1n) is 17.2. The monoisotopic (exact) mass is 738 g/mol. The molecule has 0 radical (unpaired) electrons. The minimum Gasteiger partial charge on any atom is -0.467 e. The van der Waals surface area contributed by atoms with Crippen molar-refractivity contribution in [3.8, 4) is 23.3 Å². The number of benzene rings is 2. The Kier molecular flexibility index (Phi) is 11.7. The van der Waals surface area contributed by atoms with E-state index in [4.69, 9.17) is 21.6 Å². The fourth-order valence-electron chi connectivity index (χ4n) is 7.05. The SMILES string of the molecule is CC#N.COc1nc(N2CCN(C(=O)/C(F)=C/C3CCN3)CC2)c2cnc(-c3cccc4ccc(F)c(Cl)c34)c(F)c2n1.FC1CC2CCCN2C1. The van der Waals surface area contributed by atoms with E-state index in [-0.39, 0.29) is 41.4 Å². The van der Waals surface area contributed by atoms with Crippen LogP contribution in [0.15, 0.2) is 48.4 Å². The minimum atomic E-state index is -0.771. The number of rotatable bonds is 5. The van der Waals surface area contributed by atoms with E-state index in [0.29, 0.717) is 53.2 Å². The van der Waals surface area contributed by atoms with Gasteiger partial charge in [-0.3, -0.25) is 14.7 Å². The molecule has 0 aliphatic carbocycles. The molecule has 1 N–H and O–H groups in total. The normalized spacial score (nSPS) is 21.4. The predicted octanol–water partition coefficient (Wildman–Crippen LogP) is 6.37. The lowest BCUT2D eigenvalue weighted by Crippen LogP contribution is -2.49. The zero-order valence-corrected chi connectivity index (χ0v) is 29.6. The van der Waals surface area contributed by atoms with Crippen molar-refractivity contribution < 1.29 is 27.1 Å². The van der Waals surface area contributed by atoms with Gasteiger partial charge in [0.15, 0.2) is 11.6 Å². The standard InChI is InChI=1S/C28H24ClF3N6O2.C7H12FN.C2H3N/c1-40-28-35-25-18(14-34-24(23(25)32)17-4-2-3-15-5-6-19(30)22(29)21(15)17)26(36-28)37-9-11-38(12-10-37)27(39)20(31)13-16-7-8-33-16;8-6-4-7-2-1-3-9(7)5-6;1-2-3/h2-6,13-14,16,33H,7-12H2,1H3;6-7H,1-5H2;1H3/b20-13-;;. The highest BCUT2D eigenvalue weighted by Gasteiger charge is 2.35. The van der Waals surface area contributed by atoms with E-state index in [1.54, 1.807) is 30.3 Å². The molecule has 0 saturated carbocycles. The number of alkyl halides is 1. The summed E-state index contributed by atoms with van der Waals surface area (Å²) in [6.45, 7) is 5.26. The van der Waals surface area contributed by atoms with Crippen molar-refractivity contribution >= 4 is 45.0 Å². The summed E-state index contributed by atoms with van der Waals surface area (Å²) in [5.74, 6) is -2.41. The van der Waals surface area contributed by atoms with E-state index in [1.807, 2.05) is 4.90 Å². The number of amides is 1. The van der Waals surface area contributed by atoms with Crippen molar-refractivity contribution in [1.29, 1.82) is 5.26 Å². The summed E-state index contributed by atoms with van der Waals surface area (Å²) in [6.07, 6.45) is 6.39. The number of aromatic nitrogens is 3. The summed E-state index contributed by atoms with van der Waals surface area (Å²) in [5.41, 5.74) is 0.243. The number of fused-ring (bicyclic) bond motifs is 3. The molecule has 4 aromatic rings. The molecule has 4 aliphatic rings. The lowest BCUT2D eigenvalue weighted by molar-refractivity contribution is -0.129. The number of halogens is 5. The van der Waals surface area contributed by atoms with E-state index < -0.39 is 29.5 Å². The number of carbonyl (C=O) groups excluding carboxylic acids is 1. The largest absolute Gasteiger partial charge is 0.467 e. The first kappa shape index (κ1) is 37.2. The van der Waals surface area contributed by atoms with Gasteiger partial charge in [0.25, 0.3) is 5.91 Å². The highest BCUT2D eigenvalue weighted by atomic mass is 35.5. The van der Waals surface area contributed by atoms with Gasteiger partial charge in [-0.25, -0.2) is 17.6 Å². The zero-order valence-electron chi connectivity index (χ0n) is 28.9. The predicted molar refractivity (Wildman–Crippen MR) is 192 cm³/mol. The molecular formula is C37H39ClF4N8O2. The van der Waals surface area contributed by atoms with Gasteiger partial charge in [-0.2, -0.15) is 15.2 Å². The highest BCUT2D eigenvalue weighted by molar-refractivity contribution is 6.36. The van der Waals surface area contributed by atoms with Gasteiger partial charge < -0.3 is 19.9 Å². The number of pyridine rings is 1. The van der Waals surface area contributed by atoms with E-state index in [1.165, 1.54) is 50.1 Å². The molecular weight excluding hydrogens is 700 g/mol. The zero-order chi connectivity index (χ0) is 36.9. The lowest BCUT2D eigenvalue weighted by Gasteiger charge is -2.35. The summed E-state index contributed by atoms with van der Waals surface area (Å²) in [4.78, 5) is 31.3. The molecule has 1 amide bonds. The summed E-state index contributed by atoms with van der Waals surface area (Å²) in [5, 5.41) is 11.5. The second kappa shape index (κ2) is 16.4. The number of methoxy groups -OCH3 is 1. The molecule has 4 fully saturated rings. The second-order valence-electron chi connectivity index (χ2n) is 13.0. The van der Waals surface area contributed by atoms with Gasteiger partial charge in [-0.1, -0.05) is 35.9 Å². The number of carbonyl (C=O) groups is 1. The quantitative estimate of drug-likeness (QED) is 0.185. The average molecular weight is 739 g/mol. The van der Waals surface area contributed by atoms with Crippen LogP contribution in [0.5, 0.6) is 6.01 Å². The van der Waals surface area contributed by atoms with Crippen LogP contribution in [0.1, 0.15) is 32.6 Å². The van der Waals surface area contributed by atoms with Gasteiger partial charge in [0.1, 0.15) is 29.0 Å². The van der Waals surface area contributed by atoms with Gasteiger partial charge in [0.2, 0.25) is 0 Å².